The van der Waals surface area contributed by atoms with E-state index >= 15 is 0 Å². The Kier molecular flexibility index (Phi) is 5.55. The van der Waals surface area contributed by atoms with Crippen molar-refractivity contribution < 1.29 is 28.3 Å². The van der Waals surface area contributed by atoms with Gasteiger partial charge in [-0.2, -0.15) is 0 Å². The van der Waals surface area contributed by atoms with Crippen molar-refractivity contribution in [2.75, 3.05) is 19.9 Å². The predicted octanol–water partition coefficient (Wildman–Crippen LogP) is 3.87. The number of rotatable bonds is 6. The third-order valence-corrected chi connectivity index (χ3v) is 6.30. The number of hydrogen-bond acceptors (Lipinski definition) is 7. The zero-order chi connectivity index (χ0) is 22.9. The monoisotopic (exact) mass is 464 g/mol. The van der Waals surface area contributed by atoms with E-state index in [0.29, 0.717) is 16.4 Å². The maximum Gasteiger partial charge on any atom is 0.293 e. The van der Waals surface area contributed by atoms with E-state index in [2.05, 4.69) is 5.32 Å². The van der Waals surface area contributed by atoms with Crippen LogP contribution in [-0.2, 0) is 16.0 Å². The number of aryl methyl sites for hydroxylation is 1. The molecular formula is C24H20N2O6S. The molecule has 0 unspecified atom stereocenters. The molecule has 3 heterocycles. The van der Waals surface area contributed by atoms with Gasteiger partial charge in [0.05, 0.1) is 17.6 Å². The van der Waals surface area contributed by atoms with E-state index in [4.69, 9.17) is 13.9 Å². The van der Waals surface area contributed by atoms with E-state index in [1.54, 1.807) is 30.5 Å². The second-order valence-electron chi connectivity index (χ2n) is 7.73. The highest BCUT2D eigenvalue weighted by atomic mass is 32.2. The molecule has 0 atom stereocenters. The van der Waals surface area contributed by atoms with Crippen molar-refractivity contribution in [1.29, 1.82) is 0 Å². The van der Waals surface area contributed by atoms with Crippen LogP contribution in [0.25, 0.3) is 17.0 Å². The summed E-state index contributed by atoms with van der Waals surface area (Å²) in [4.78, 5) is 38.9. The van der Waals surface area contributed by atoms with E-state index in [-0.39, 0.29) is 43.4 Å². The number of furan rings is 1. The first-order valence-corrected chi connectivity index (χ1v) is 11.2. The van der Waals surface area contributed by atoms with Gasteiger partial charge in [0.2, 0.25) is 12.7 Å². The molecule has 0 saturated carbocycles. The van der Waals surface area contributed by atoms with Crippen molar-refractivity contribution in [2.45, 2.75) is 13.3 Å². The predicted molar refractivity (Wildman–Crippen MR) is 123 cm³/mol. The lowest BCUT2D eigenvalue weighted by atomic mass is 10.1. The van der Waals surface area contributed by atoms with Gasteiger partial charge in [-0.25, -0.2) is 0 Å². The molecule has 2 aliphatic heterocycles. The molecule has 3 aromatic rings. The van der Waals surface area contributed by atoms with Crippen molar-refractivity contribution in [1.82, 2.24) is 10.2 Å². The van der Waals surface area contributed by atoms with Gasteiger partial charge in [-0.05, 0) is 54.1 Å². The third-order valence-electron chi connectivity index (χ3n) is 5.39. The molecule has 33 heavy (non-hydrogen) atoms. The van der Waals surface area contributed by atoms with Gasteiger partial charge in [0.25, 0.3) is 11.1 Å². The number of hydrogen-bond donors (Lipinski definition) is 1. The molecule has 0 aliphatic carbocycles. The highest BCUT2D eigenvalue weighted by Gasteiger charge is 2.34. The summed E-state index contributed by atoms with van der Waals surface area (Å²) in [7, 11) is 0. The second-order valence-corrected chi connectivity index (χ2v) is 8.73. The molecule has 1 N–H and O–H groups in total. The molecule has 0 bridgehead atoms. The number of imide groups is 1. The fraction of sp³-hybridized carbons (Fsp3) is 0.208. The second kappa shape index (κ2) is 8.67. The molecule has 168 valence electrons. The number of thioether (sulfide) groups is 1. The molecule has 0 spiro atoms. The van der Waals surface area contributed by atoms with Gasteiger partial charge in [0, 0.05) is 24.0 Å². The lowest BCUT2D eigenvalue weighted by molar-refractivity contribution is -0.124. The number of fused-ring (bicyclic) bond motifs is 2. The summed E-state index contributed by atoms with van der Waals surface area (Å²) in [5.41, 5.74) is 3.35. The summed E-state index contributed by atoms with van der Waals surface area (Å²) in [5.74, 6) is 0.662. The molecule has 8 nitrogen and oxygen atoms in total. The number of amides is 3. The summed E-state index contributed by atoms with van der Waals surface area (Å²) in [6.45, 7) is 2.41. The fourth-order valence-corrected chi connectivity index (χ4v) is 4.58. The van der Waals surface area contributed by atoms with Crippen molar-refractivity contribution in [3.8, 4) is 11.5 Å². The Morgan fingerprint density at radius 3 is 2.88 bits per heavy atom. The molecule has 1 saturated heterocycles. The van der Waals surface area contributed by atoms with Gasteiger partial charge in [-0.3, -0.25) is 19.3 Å². The van der Waals surface area contributed by atoms with Crippen LogP contribution in [0.3, 0.4) is 0 Å². The van der Waals surface area contributed by atoms with Crippen LogP contribution >= 0.6 is 11.8 Å². The number of ether oxygens (including phenoxy) is 2. The standard InChI is InChI=1S/C24H20N2O6S/c1-14-2-4-17-16(12-30-19(17)8-14)11-22(27)25-6-7-26-23(28)21(33-24(26)29)10-15-3-5-18-20(9-15)32-13-31-18/h2-5,8-10,12H,6-7,11,13H2,1H3,(H,25,27)/b21-10+. The van der Waals surface area contributed by atoms with Crippen LogP contribution in [0.4, 0.5) is 4.79 Å². The Morgan fingerprint density at radius 1 is 1.15 bits per heavy atom. The summed E-state index contributed by atoms with van der Waals surface area (Å²) < 4.78 is 16.2. The smallest absolute Gasteiger partial charge is 0.293 e. The lowest BCUT2D eigenvalue weighted by Crippen LogP contribution is -2.37. The Morgan fingerprint density at radius 2 is 2.00 bits per heavy atom. The fourth-order valence-electron chi connectivity index (χ4n) is 3.72. The van der Waals surface area contributed by atoms with Crippen LogP contribution in [0.15, 0.2) is 52.0 Å². The minimum Gasteiger partial charge on any atom is -0.464 e. The normalized spacial score (nSPS) is 16.3. The van der Waals surface area contributed by atoms with E-state index in [1.165, 1.54) is 0 Å². The van der Waals surface area contributed by atoms with E-state index in [9.17, 15) is 14.4 Å². The largest absolute Gasteiger partial charge is 0.464 e. The van der Waals surface area contributed by atoms with Gasteiger partial charge in [0.15, 0.2) is 11.5 Å². The molecule has 2 aromatic carbocycles. The van der Waals surface area contributed by atoms with E-state index < -0.39 is 0 Å². The summed E-state index contributed by atoms with van der Waals surface area (Å²) in [6, 6.07) is 11.1. The first-order chi connectivity index (χ1) is 16.0. The minimum absolute atomic E-state index is 0.0974. The highest BCUT2D eigenvalue weighted by Crippen LogP contribution is 2.36. The zero-order valence-electron chi connectivity index (χ0n) is 17.8. The zero-order valence-corrected chi connectivity index (χ0v) is 18.6. The van der Waals surface area contributed by atoms with Gasteiger partial charge < -0.3 is 19.2 Å². The van der Waals surface area contributed by atoms with Crippen LogP contribution in [0.5, 0.6) is 11.5 Å². The van der Waals surface area contributed by atoms with Gasteiger partial charge in [-0.1, -0.05) is 18.2 Å². The van der Waals surface area contributed by atoms with Crippen LogP contribution in [0.1, 0.15) is 16.7 Å². The number of nitrogens with one attached hydrogen (secondary N) is 1. The van der Waals surface area contributed by atoms with Crippen molar-refractivity contribution in [3.63, 3.8) is 0 Å². The van der Waals surface area contributed by atoms with Crippen molar-refractivity contribution in [2.24, 2.45) is 0 Å². The molecule has 0 radical (unpaired) electrons. The SMILES string of the molecule is Cc1ccc2c(CC(=O)NCCN3C(=O)S/C(=C/c4ccc5c(c4)OCO5)C3=O)coc2c1. The molecule has 1 aromatic heterocycles. The van der Waals surface area contributed by atoms with E-state index in [1.807, 2.05) is 25.1 Å². The van der Waals surface area contributed by atoms with Gasteiger partial charge in [0.1, 0.15) is 5.58 Å². The number of benzene rings is 2. The van der Waals surface area contributed by atoms with Crippen LogP contribution in [-0.4, -0.2) is 41.8 Å². The number of nitrogens with zero attached hydrogens (tertiary/aromatic N) is 1. The highest BCUT2D eigenvalue weighted by molar-refractivity contribution is 8.18. The Hall–Kier alpha value is -3.72. The van der Waals surface area contributed by atoms with Gasteiger partial charge >= 0.3 is 0 Å². The molecule has 2 aliphatic rings. The molecule has 9 heteroatoms. The Labute approximate surface area is 193 Å². The van der Waals surface area contributed by atoms with Crippen molar-refractivity contribution in [3.05, 3.63) is 64.3 Å². The van der Waals surface area contributed by atoms with Crippen LogP contribution < -0.4 is 14.8 Å². The summed E-state index contributed by atoms with van der Waals surface area (Å²) in [6.07, 6.45) is 3.39. The lowest BCUT2D eigenvalue weighted by Gasteiger charge is -2.12. The molecule has 3 amide bonds. The minimum atomic E-state index is -0.381. The maximum atomic E-state index is 12.7. The van der Waals surface area contributed by atoms with Gasteiger partial charge in [-0.15, -0.1) is 0 Å². The Balaban J connectivity index is 1.17. The average molecular weight is 464 g/mol. The van der Waals surface area contributed by atoms with Crippen molar-refractivity contribution >= 4 is 45.9 Å². The first-order valence-electron chi connectivity index (χ1n) is 10.4. The molecular weight excluding hydrogens is 444 g/mol. The molecule has 5 rings (SSSR count). The quantitative estimate of drug-likeness (QED) is 0.553. The molecule has 1 fully saturated rings. The third kappa shape index (κ3) is 4.31. The Bertz CT molecular complexity index is 1310. The maximum absolute atomic E-state index is 12.7. The van der Waals surface area contributed by atoms with Crippen LogP contribution in [0.2, 0.25) is 0 Å². The summed E-state index contributed by atoms with van der Waals surface area (Å²) >= 11 is 0.876. The topological polar surface area (TPSA) is 98.1 Å². The van der Waals surface area contributed by atoms with Crippen LogP contribution in [0, 0.1) is 6.92 Å². The summed E-state index contributed by atoms with van der Waals surface area (Å²) in [5, 5.41) is 3.31. The number of carbonyl (C=O) groups is 3. The van der Waals surface area contributed by atoms with E-state index in [0.717, 1.165) is 44.3 Å². The first kappa shape index (κ1) is 21.1. The average Bonchev–Trinajstić information content (AvgIpc) is 3.48. The number of carbonyl (C=O) groups excluding carboxylic acids is 3.